The van der Waals surface area contributed by atoms with Crippen LogP contribution in [-0.2, 0) is 6.54 Å². The zero-order valence-electron chi connectivity index (χ0n) is 14.9. The van der Waals surface area contributed by atoms with Crippen molar-refractivity contribution in [2.24, 2.45) is 4.99 Å². The van der Waals surface area contributed by atoms with Crippen molar-refractivity contribution in [1.82, 2.24) is 15.5 Å². The second kappa shape index (κ2) is 7.57. The van der Waals surface area contributed by atoms with Gasteiger partial charge >= 0.3 is 6.18 Å². The lowest BCUT2D eigenvalue weighted by Gasteiger charge is -2.19. The number of nitrogens with zero attached hydrogens (tertiary/aromatic N) is 2. The first-order valence-corrected chi connectivity index (χ1v) is 8.59. The van der Waals surface area contributed by atoms with E-state index < -0.39 is 12.7 Å². The highest BCUT2D eigenvalue weighted by atomic mass is 19.4. The maximum Gasteiger partial charge on any atom is 0.401 e. The summed E-state index contributed by atoms with van der Waals surface area (Å²) in [5.41, 5.74) is 1.91. The minimum Gasteiger partial charge on any atom is -0.459 e. The van der Waals surface area contributed by atoms with Crippen LogP contribution in [0.3, 0.4) is 0 Å². The molecule has 0 radical (unpaired) electrons. The first kappa shape index (κ1) is 18.6. The molecule has 1 unspecified atom stereocenters. The fourth-order valence-electron chi connectivity index (χ4n) is 3.29. The molecule has 2 heterocycles. The molecular formula is C18H23F3N4O. The van der Waals surface area contributed by atoms with Gasteiger partial charge in [0.1, 0.15) is 11.3 Å². The summed E-state index contributed by atoms with van der Waals surface area (Å²) in [4.78, 5) is 5.57. The number of hydrogen-bond donors (Lipinski definition) is 2. The Morgan fingerprint density at radius 2 is 2.12 bits per heavy atom. The third kappa shape index (κ3) is 4.49. The van der Waals surface area contributed by atoms with Gasteiger partial charge in [-0.3, -0.25) is 9.89 Å². The van der Waals surface area contributed by atoms with E-state index in [4.69, 9.17) is 4.42 Å². The molecule has 0 spiro atoms. The Kier molecular flexibility index (Phi) is 5.41. The van der Waals surface area contributed by atoms with Crippen molar-refractivity contribution in [3.8, 4) is 0 Å². The standard InChI is InChI=1S/C18H23F3N4O/c1-12-14-5-3-4-6-15(14)26-16(12)9-23-17(22-2)24-13-7-8-25(10-13)11-18(19,20)21/h3-6,13H,7-11H2,1-2H3,(H2,22,23,24). The minimum atomic E-state index is -4.16. The van der Waals surface area contributed by atoms with E-state index in [1.165, 1.54) is 4.90 Å². The highest BCUT2D eigenvalue weighted by molar-refractivity contribution is 5.83. The van der Waals surface area contributed by atoms with E-state index in [0.717, 1.165) is 22.3 Å². The quantitative estimate of drug-likeness (QED) is 0.643. The Hall–Kier alpha value is -2.22. The summed E-state index contributed by atoms with van der Waals surface area (Å²) >= 11 is 0. The average molecular weight is 368 g/mol. The zero-order valence-corrected chi connectivity index (χ0v) is 14.9. The van der Waals surface area contributed by atoms with E-state index in [2.05, 4.69) is 15.6 Å². The number of guanidine groups is 1. The average Bonchev–Trinajstić information content (AvgIpc) is 3.14. The molecular weight excluding hydrogens is 345 g/mol. The highest BCUT2D eigenvalue weighted by Gasteiger charge is 2.34. The lowest BCUT2D eigenvalue weighted by Crippen LogP contribution is -2.44. The van der Waals surface area contributed by atoms with Gasteiger partial charge in [-0.1, -0.05) is 18.2 Å². The van der Waals surface area contributed by atoms with Gasteiger partial charge in [0.2, 0.25) is 0 Å². The SMILES string of the molecule is CN=C(NCc1oc2ccccc2c1C)NC1CCN(CC(F)(F)F)C1. The number of fused-ring (bicyclic) bond motifs is 1. The van der Waals surface area contributed by atoms with Crippen molar-refractivity contribution < 1.29 is 17.6 Å². The maximum absolute atomic E-state index is 12.5. The number of aliphatic imine (C=N–C) groups is 1. The number of benzene rings is 1. The summed E-state index contributed by atoms with van der Waals surface area (Å²) in [6.07, 6.45) is -3.51. The number of hydrogen-bond acceptors (Lipinski definition) is 3. The number of nitrogens with one attached hydrogen (secondary N) is 2. The molecule has 2 N–H and O–H groups in total. The number of halogens is 3. The molecule has 5 nitrogen and oxygen atoms in total. The van der Waals surface area contributed by atoms with E-state index in [0.29, 0.717) is 32.0 Å². The molecule has 0 bridgehead atoms. The number of para-hydroxylation sites is 1. The fraction of sp³-hybridized carbons (Fsp3) is 0.500. The summed E-state index contributed by atoms with van der Waals surface area (Å²) in [5.74, 6) is 1.38. The Labute approximate surface area is 150 Å². The molecule has 1 aromatic heterocycles. The molecule has 1 saturated heterocycles. The summed E-state index contributed by atoms with van der Waals surface area (Å²) in [7, 11) is 1.64. The van der Waals surface area contributed by atoms with Crippen LogP contribution in [0.4, 0.5) is 13.2 Å². The van der Waals surface area contributed by atoms with Gasteiger partial charge in [-0.15, -0.1) is 0 Å². The van der Waals surface area contributed by atoms with Gasteiger partial charge in [-0.2, -0.15) is 13.2 Å². The van der Waals surface area contributed by atoms with E-state index >= 15 is 0 Å². The van der Waals surface area contributed by atoms with Crippen LogP contribution in [0, 0.1) is 6.92 Å². The van der Waals surface area contributed by atoms with Crippen molar-refractivity contribution in [1.29, 1.82) is 0 Å². The molecule has 0 saturated carbocycles. The number of aryl methyl sites for hydroxylation is 1. The molecule has 1 atom stereocenters. The first-order chi connectivity index (χ1) is 12.4. The number of rotatable bonds is 4. The van der Waals surface area contributed by atoms with Crippen LogP contribution in [-0.4, -0.2) is 49.8 Å². The van der Waals surface area contributed by atoms with Gasteiger partial charge in [0.25, 0.3) is 0 Å². The molecule has 0 amide bonds. The van der Waals surface area contributed by atoms with Crippen LogP contribution >= 0.6 is 0 Å². The number of likely N-dealkylation sites (tertiary alicyclic amines) is 1. The van der Waals surface area contributed by atoms with Crippen LogP contribution < -0.4 is 10.6 Å². The third-order valence-electron chi connectivity index (χ3n) is 4.60. The van der Waals surface area contributed by atoms with Gasteiger partial charge in [-0.25, -0.2) is 0 Å². The van der Waals surface area contributed by atoms with Crippen molar-refractivity contribution in [3.63, 3.8) is 0 Å². The highest BCUT2D eigenvalue weighted by Crippen LogP contribution is 2.24. The summed E-state index contributed by atoms with van der Waals surface area (Å²) < 4.78 is 43.3. The first-order valence-electron chi connectivity index (χ1n) is 8.59. The second-order valence-electron chi connectivity index (χ2n) is 6.55. The lowest BCUT2D eigenvalue weighted by molar-refractivity contribution is -0.143. The molecule has 142 valence electrons. The van der Waals surface area contributed by atoms with Gasteiger partial charge in [-0.05, 0) is 19.4 Å². The van der Waals surface area contributed by atoms with E-state index in [9.17, 15) is 13.2 Å². The van der Waals surface area contributed by atoms with E-state index in [1.54, 1.807) is 7.05 Å². The molecule has 1 aromatic carbocycles. The van der Waals surface area contributed by atoms with Crippen LogP contribution in [0.25, 0.3) is 11.0 Å². The lowest BCUT2D eigenvalue weighted by atomic mass is 10.1. The smallest absolute Gasteiger partial charge is 0.401 e. The Morgan fingerprint density at radius 1 is 1.35 bits per heavy atom. The Morgan fingerprint density at radius 3 is 2.81 bits per heavy atom. The second-order valence-corrected chi connectivity index (χ2v) is 6.55. The Balaban J connectivity index is 1.54. The van der Waals surface area contributed by atoms with E-state index in [1.807, 2.05) is 31.2 Å². The largest absolute Gasteiger partial charge is 0.459 e. The molecule has 1 fully saturated rings. The fourth-order valence-corrected chi connectivity index (χ4v) is 3.29. The molecule has 1 aliphatic rings. The van der Waals surface area contributed by atoms with Crippen molar-refractivity contribution in [2.75, 3.05) is 26.7 Å². The molecule has 0 aliphatic carbocycles. The number of furan rings is 1. The van der Waals surface area contributed by atoms with Crippen LogP contribution in [0.15, 0.2) is 33.7 Å². The molecule has 2 aromatic rings. The van der Waals surface area contributed by atoms with Gasteiger partial charge in [0.05, 0.1) is 13.1 Å². The normalized spacial score (nSPS) is 19.3. The maximum atomic E-state index is 12.5. The Bertz CT molecular complexity index is 784. The topological polar surface area (TPSA) is 52.8 Å². The van der Waals surface area contributed by atoms with Crippen molar-refractivity contribution in [3.05, 3.63) is 35.6 Å². The third-order valence-corrected chi connectivity index (χ3v) is 4.60. The summed E-state index contributed by atoms with van der Waals surface area (Å²) in [6.45, 7) is 2.38. The predicted molar refractivity (Wildman–Crippen MR) is 95.2 cm³/mol. The minimum absolute atomic E-state index is 0.0553. The zero-order chi connectivity index (χ0) is 18.7. The van der Waals surface area contributed by atoms with Crippen LogP contribution in [0.1, 0.15) is 17.7 Å². The molecule has 26 heavy (non-hydrogen) atoms. The van der Waals surface area contributed by atoms with Crippen LogP contribution in [0.2, 0.25) is 0 Å². The summed E-state index contributed by atoms with van der Waals surface area (Å²) in [6, 6.07) is 7.77. The van der Waals surface area contributed by atoms with Crippen molar-refractivity contribution >= 4 is 16.9 Å². The van der Waals surface area contributed by atoms with E-state index in [-0.39, 0.29) is 6.04 Å². The number of alkyl halides is 3. The van der Waals surface area contributed by atoms with Crippen LogP contribution in [0.5, 0.6) is 0 Å². The van der Waals surface area contributed by atoms with Gasteiger partial charge in [0.15, 0.2) is 5.96 Å². The summed E-state index contributed by atoms with van der Waals surface area (Å²) in [5, 5.41) is 7.45. The van der Waals surface area contributed by atoms with Crippen molar-refractivity contribution in [2.45, 2.75) is 32.1 Å². The predicted octanol–water partition coefficient (Wildman–Crippen LogP) is 3.04. The van der Waals surface area contributed by atoms with Gasteiger partial charge in [0, 0.05) is 37.1 Å². The van der Waals surface area contributed by atoms with Gasteiger partial charge < -0.3 is 15.1 Å². The molecule has 8 heteroatoms. The monoisotopic (exact) mass is 368 g/mol. The molecule has 1 aliphatic heterocycles. The molecule has 3 rings (SSSR count).